The summed E-state index contributed by atoms with van der Waals surface area (Å²) in [5.41, 5.74) is 5.48. The topological polar surface area (TPSA) is 92.8 Å². The number of benzene rings is 1. The van der Waals surface area contributed by atoms with E-state index in [-0.39, 0.29) is 11.7 Å². The first kappa shape index (κ1) is 16.5. The van der Waals surface area contributed by atoms with E-state index in [0.29, 0.717) is 24.2 Å². The number of nitrogens with one attached hydrogen (secondary N) is 1. The predicted octanol–water partition coefficient (Wildman–Crippen LogP) is 2.05. The third-order valence-electron chi connectivity index (χ3n) is 3.96. The summed E-state index contributed by atoms with van der Waals surface area (Å²) >= 11 is 0. The molecule has 6 nitrogen and oxygen atoms in total. The highest BCUT2D eigenvalue weighted by Gasteiger charge is 2.25. The van der Waals surface area contributed by atoms with Gasteiger partial charge in [-0.25, -0.2) is 4.98 Å². The van der Waals surface area contributed by atoms with Crippen molar-refractivity contribution in [3.63, 3.8) is 0 Å². The van der Waals surface area contributed by atoms with Gasteiger partial charge in [0.25, 0.3) is 5.56 Å². The molecule has 0 amide bonds. The maximum absolute atomic E-state index is 12.4. The molecule has 1 aromatic carbocycles. The van der Waals surface area contributed by atoms with Crippen LogP contribution in [0.2, 0.25) is 0 Å². The van der Waals surface area contributed by atoms with Crippen LogP contribution in [0, 0.1) is 6.92 Å². The van der Waals surface area contributed by atoms with Crippen LogP contribution < -0.4 is 5.56 Å². The quantitative estimate of drug-likeness (QED) is 0.606. The Kier molecular flexibility index (Phi) is 4.64. The van der Waals surface area contributed by atoms with Crippen molar-refractivity contribution >= 4 is 6.15 Å². The molecule has 1 N–H and O–H groups in total. The van der Waals surface area contributed by atoms with Gasteiger partial charge in [-0.05, 0) is 23.6 Å². The zero-order valence-electron chi connectivity index (χ0n) is 13.6. The Bertz CT molecular complexity index is 1000. The summed E-state index contributed by atoms with van der Waals surface area (Å²) in [4.78, 5) is 40.7. The molecular formula is C19H15N3O3. The van der Waals surface area contributed by atoms with Crippen LogP contribution >= 0.6 is 0 Å². The predicted molar refractivity (Wildman–Crippen MR) is 89.9 cm³/mol. The first-order valence-electron chi connectivity index (χ1n) is 7.73. The number of nitrogens with zero attached hydrogens (tertiary/aromatic N) is 2. The standard InChI is InChI=1S/C18H15N3O.CO2/c1-11-7-13-9-14-16(17(13)19-10-11)18(22)21-15(20-14)8-12-5-3-2-4-6-12;2-1-3/h2-7,10H,8-9H2,1H3,(H,20,21,22);. The second-order valence-corrected chi connectivity index (χ2v) is 5.78. The Morgan fingerprint density at radius 3 is 2.64 bits per heavy atom. The lowest BCUT2D eigenvalue weighted by Crippen LogP contribution is -2.15. The van der Waals surface area contributed by atoms with Gasteiger partial charge in [0, 0.05) is 19.0 Å². The van der Waals surface area contributed by atoms with Crippen molar-refractivity contribution in [1.29, 1.82) is 0 Å². The van der Waals surface area contributed by atoms with E-state index in [0.717, 1.165) is 28.1 Å². The summed E-state index contributed by atoms with van der Waals surface area (Å²) in [6.45, 7) is 2.01. The third kappa shape index (κ3) is 3.44. The maximum atomic E-state index is 12.4. The number of rotatable bonds is 2. The average Bonchev–Trinajstić information content (AvgIpc) is 2.94. The Morgan fingerprint density at radius 1 is 1.20 bits per heavy atom. The zero-order chi connectivity index (χ0) is 17.8. The highest BCUT2D eigenvalue weighted by molar-refractivity contribution is 5.71. The van der Waals surface area contributed by atoms with E-state index >= 15 is 0 Å². The molecule has 0 saturated heterocycles. The smallest absolute Gasteiger partial charge is 0.310 e. The first-order chi connectivity index (χ1) is 12.1. The summed E-state index contributed by atoms with van der Waals surface area (Å²) in [6, 6.07) is 12.1. The zero-order valence-corrected chi connectivity index (χ0v) is 13.6. The lowest BCUT2D eigenvalue weighted by atomic mass is 10.1. The molecule has 0 atom stereocenters. The molecule has 0 fully saturated rings. The van der Waals surface area contributed by atoms with Gasteiger partial charge in [-0.1, -0.05) is 36.4 Å². The van der Waals surface area contributed by atoms with Crippen LogP contribution in [0.1, 0.15) is 28.2 Å². The van der Waals surface area contributed by atoms with Crippen LogP contribution in [0.3, 0.4) is 0 Å². The van der Waals surface area contributed by atoms with Crippen LogP contribution in [0.15, 0.2) is 47.4 Å². The van der Waals surface area contributed by atoms with E-state index < -0.39 is 0 Å². The molecule has 6 heteroatoms. The van der Waals surface area contributed by atoms with Gasteiger partial charge in [-0.15, -0.1) is 0 Å². The van der Waals surface area contributed by atoms with Crippen molar-refractivity contribution in [3.05, 3.63) is 81.2 Å². The summed E-state index contributed by atoms with van der Waals surface area (Å²) in [5.74, 6) is 0.708. The molecular weight excluding hydrogens is 318 g/mol. The van der Waals surface area contributed by atoms with Crippen molar-refractivity contribution in [3.8, 4) is 11.3 Å². The average molecular weight is 333 g/mol. The molecule has 2 aromatic heterocycles. The Hall–Kier alpha value is -3.37. The summed E-state index contributed by atoms with van der Waals surface area (Å²) < 4.78 is 0. The summed E-state index contributed by atoms with van der Waals surface area (Å²) in [5, 5.41) is 0. The van der Waals surface area contributed by atoms with Gasteiger partial charge in [0.05, 0.1) is 17.0 Å². The maximum Gasteiger partial charge on any atom is 0.373 e. The van der Waals surface area contributed by atoms with Gasteiger partial charge in [-0.3, -0.25) is 9.78 Å². The lowest BCUT2D eigenvalue weighted by molar-refractivity contribution is -0.191. The van der Waals surface area contributed by atoms with Crippen LogP contribution in [-0.4, -0.2) is 21.1 Å². The van der Waals surface area contributed by atoms with Gasteiger partial charge >= 0.3 is 6.15 Å². The molecule has 0 spiro atoms. The molecule has 0 saturated carbocycles. The highest BCUT2D eigenvalue weighted by atomic mass is 16.2. The second kappa shape index (κ2) is 7.03. The van der Waals surface area contributed by atoms with Crippen LogP contribution in [0.25, 0.3) is 11.3 Å². The summed E-state index contributed by atoms with van der Waals surface area (Å²) in [7, 11) is 0. The molecule has 3 aromatic rings. The minimum absolute atomic E-state index is 0.0916. The molecule has 0 bridgehead atoms. The van der Waals surface area contributed by atoms with Crippen molar-refractivity contribution in [1.82, 2.24) is 15.0 Å². The first-order valence-corrected chi connectivity index (χ1v) is 7.73. The van der Waals surface area contributed by atoms with E-state index in [9.17, 15) is 4.79 Å². The van der Waals surface area contributed by atoms with E-state index in [1.165, 1.54) is 0 Å². The Balaban J connectivity index is 0.000000569. The number of hydrogen-bond donors (Lipinski definition) is 1. The van der Waals surface area contributed by atoms with Crippen LogP contribution in [0.4, 0.5) is 0 Å². The van der Waals surface area contributed by atoms with Gasteiger partial charge in [-0.2, -0.15) is 9.59 Å². The van der Waals surface area contributed by atoms with E-state index in [1.54, 1.807) is 6.20 Å². The Labute approximate surface area is 143 Å². The number of aromatic amines is 1. The molecule has 0 unspecified atom stereocenters. The largest absolute Gasteiger partial charge is 0.373 e. The number of fused-ring (bicyclic) bond motifs is 3. The molecule has 2 heterocycles. The minimum atomic E-state index is -0.0916. The molecule has 4 rings (SSSR count). The van der Waals surface area contributed by atoms with Crippen molar-refractivity contribution in [2.75, 3.05) is 0 Å². The molecule has 1 aliphatic rings. The molecule has 1 aliphatic carbocycles. The normalized spacial score (nSPS) is 10.9. The number of aryl methyl sites for hydroxylation is 1. The number of pyridine rings is 1. The van der Waals surface area contributed by atoms with Crippen LogP contribution in [-0.2, 0) is 22.4 Å². The van der Waals surface area contributed by atoms with Crippen molar-refractivity contribution < 1.29 is 9.59 Å². The van der Waals surface area contributed by atoms with Crippen molar-refractivity contribution in [2.24, 2.45) is 0 Å². The van der Waals surface area contributed by atoms with Gasteiger partial charge in [0.15, 0.2) is 0 Å². The number of carbonyl (C=O) groups excluding carboxylic acids is 2. The fourth-order valence-electron chi connectivity index (χ4n) is 2.99. The van der Waals surface area contributed by atoms with Gasteiger partial charge in [0.2, 0.25) is 0 Å². The van der Waals surface area contributed by atoms with Crippen molar-refractivity contribution in [2.45, 2.75) is 19.8 Å². The van der Waals surface area contributed by atoms with E-state index in [2.05, 4.69) is 21.0 Å². The number of hydrogen-bond acceptors (Lipinski definition) is 5. The Morgan fingerprint density at radius 2 is 1.92 bits per heavy atom. The monoisotopic (exact) mass is 333 g/mol. The number of aromatic nitrogens is 3. The fraction of sp³-hybridized carbons (Fsp3) is 0.158. The van der Waals surface area contributed by atoms with Crippen LogP contribution in [0.5, 0.6) is 0 Å². The SMILES string of the molecule is Cc1cnc2c(c1)Cc1nc(Cc3ccccc3)[nH]c(=O)c1-2.O=C=O. The minimum Gasteiger partial charge on any atom is -0.310 e. The number of H-pyrrole nitrogens is 1. The molecule has 0 radical (unpaired) electrons. The van der Waals surface area contributed by atoms with E-state index in [1.807, 2.05) is 37.3 Å². The molecule has 0 aliphatic heterocycles. The van der Waals surface area contributed by atoms with Gasteiger partial charge in [0.1, 0.15) is 5.82 Å². The second-order valence-electron chi connectivity index (χ2n) is 5.78. The third-order valence-corrected chi connectivity index (χ3v) is 3.96. The fourth-order valence-corrected chi connectivity index (χ4v) is 2.99. The summed E-state index contributed by atoms with van der Waals surface area (Å²) in [6.07, 6.45) is 3.36. The molecule has 25 heavy (non-hydrogen) atoms. The molecule has 124 valence electrons. The van der Waals surface area contributed by atoms with Gasteiger partial charge < -0.3 is 4.98 Å². The lowest BCUT2D eigenvalue weighted by Gasteiger charge is -2.04. The van der Waals surface area contributed by atoms with E-state index in [4.69, 9.17) is 9.59 Å². The highest BCUT2D eigenvalue weighted by Crippen LogP contribution is 2.31.